The Kier molecular flexibility index (Phi) is 10.0. The maximum Gasteiger partial charge on any atom is 0.407 e. The summed E-state index contributed by atoms with van der Waals surface area (Å²) >= 11 is 0. The lowest BCUT2D eigenvalue weighted by Crippen LogP contribution is -2.47. The summed E-state index contributed by atoms with van der Waals surface area (Å²) in [5, 5.41) is 5.41. The van der Waals surface area contributed by atoms with Crippen molar-refractivity contribution in [3.63, 3.8) is 0 Å². The van der Waals surface area contributed by atoms with Crippen LogP contribution in [0.3, 0.4) is 0 Å². The van der Waals surface area contributed by atoms with E-state index in [1.54, 1.807) is 0 Å². The molecule has 0 heterocycles. The molecule has 5 rings (SSSR count). The molecule has 4 aromatic rings. The minimum absolute atomic E-state index is 0.107. The average Bonchev–Trinajstić information content (AvgIpc) is 3.37. The number of carbonyl (C=O) groups is 4. The molecule has 0 aromatic heterocycles. The molecule has 0 aliphatic heterocycles. The van der Waals surface area contributed by atoms with Gasteiger partial charge in [0.1, 0.15) is 12.6 Å². The third-order valence-electron chi connectivity index (χ3n) is 8.24. The first-order chi connectivity index (χ1) is 21.8. The lowest BCUT2D eigenvalue weighted by atomic mass is 9.89. The largest absolute Gasteiger partial charge is 0.449 e. The highest BCUT2D eigenvalue weighted by atomic mass is 16.5. The van der Waals surface area contributed by atoms with Crippen LogP contribution in [0.4, 0.5) is 4.79 Å². The van der Waals surface area contributed by atoms with Crippen molar-refractivity contribution in [2.75, 3.05) is 6.61 Å². The van der Waals surface area contributed by atoms with E-state index in [1.165, 1.54) is 6.92 Å². The number of benzene rings is 4. The molecular formula is C37H37N3O5. The second-order valence-electron chi connectivity index (χ2n) is 11.4. The molecule has 4 N–H and O–H groups in total. The first kappa shape index (κ1) is 31.2. The molecular weight excluding hydrogens is 566 g/mol. The number of hydrogen-bond donors (Lipinski definition) is 3. The summed E-state index contributed by atoms with van der Waals surface area (Å²) in [6, 6.07) is 33.0. The van der Waals surface area contributed by atoms with Gasteiger partial charge >= 0.3 is 6.09 Å². The topological polar surface area (TPSA) is 128 Å². The molecule has 45 heavy (non-hydrogen) atoms. The third-order valence-corrected chi connectivity index (χ3v) is 8.24. The fourth-order valence-electron chi connectivity index (χ4n) is 5.82. The average molecular weight is 604 g/mol. The van der Waals surface area contributed by atoms with E-state index in [1.807, 2.05) is 97.1 Å². The number of nitrogens with two attached hydrogens (primary N) is 1. The van der Waals surface area contributed by atoms with Crippen LogP contribution < -0.4 is 16.4 Å². The van der Waals surface area contributed by atoms with Crippen LogP contribution in [0.15, 0.2) is 109 Å². The Morgan fingerprint density at radius 1 is 0.711 bits per heavy atom. The van der Waals surface area contributed by atoms with Gasteiger partial charge < -0.3 is 21.1 Å². The Labute approximate surface area is 263 Å². The highest BCUT2D eigenvalue weighted by molar-refractivity contribution is 5.93. The van der Waals surface area contributed by atoms with Crippen molar-refractivity contribution >= 4 is 23.7 Å². The summed E-state index contributed by atoms with van der Waals surface area (Å²) in [6.45, 7) is 1.61. The molecule has 0 saturated heterocycles. The van der Waals surface area contributed by atoms with Crippen LogP contribution in [-0.2, 0) is 32.0 Å². The molecule has 3 amide bonds. The van der Waals surface area contributed by atoms with Crippen molar-refractivity contribution < 1.29 is 23.9 Å². The molecule has 3 unspecified atom stereocenters. The number of hydrogen-bond acceptors (Lipinski definition) is 5. The van der Waals surface area contributed by atoms with Gasteiger partial charge in [-0.05, 0) is 53.1 Å². The SMILES string of the molecule is CC(NC(=O)C(CC(=O)C(Cc1ccccc1)NC(=O)OCC1c2ccccc2-c2ccccc21)Cc1ccccc1)C(N)=O. The quantitative estimate of drug-likeness (QED) is 0.199. The predicted molar refractivity (Wildman–Crippen MR) is 172 cm³/mol. The molecule has 4 aromatic carbocycles. The zero-order valence-electron chi connectivity index (χ0n) is 25.1. The van der Waals surface area contributed by atoms with Gasteiger partial charge in [-0.25, -0.2) is 4.79 Å². The Hall–Kier alpha value is -5.24. The van der Waals surface area contributed by atoms with Gasteiger partial charge in [-0.1, -0.05) is 109 Å². The van der Waals surface area contributed by atoms with Crippen molar-refractivity contribution in [3.8, 4) is 11.1 Å². The zero-order chi connectivity index (χ0) is 31.8. The lowest BCUT2D eigenvalue weighted by molar-refractivity contribution is -0.132. The summed E-state index contributed by atoms with van der Waals surface area (Å²) in [5.41, 5.74) is 11.5. The van der Waals surface area contributed by atoms with Crippen molar-refractivity contribution in [1.82, 2.24) is 10.6 Å². The van der Waals surface area contributed by atoms with Crippen LogP contribution in [0.1, 0.15) is 41.5 Å². The van der Waals surface area contributed by atoms with Gasteiger partial charge in [0, 0.05) is 18.3 Å². The minimum atomic E-state index is -0.942. The number of alkyl carbamates (subject to hydrolysis) is 1. The number of ketones is 1. The van der Waals surface area contributed by atoms with E-state index in [2.05, 4.69) is 22.8 Å². The first-order valence-electron chi connectivity index (χ1n) is 15.1. The summed E-state index contributed by atoms with van der Waals surface area (Å²) in [7, 11) is 0. The fourth-order valence-corrected chi connectivity index (χ4v) is 5.82. The van der Waals surface area contributed by atoms with Gasteiger partial charge in [-0.3, -0.25) is 14.4 Å². The van der Waals surface area contributed by atoms with E-state index in [-0.39, 0.29) is 37.6 Å². The predicted octanol–water partition coefficient (Wildman–Crippen LogP) is 4.94. The van der Waals surface area contributed by atoms with Crippen molar-refractivity contribution in [3.05, 3.63) is 131 Å². The molecule has 3 atom stereocenters. The second kappa shape index (κ2) is 14.5. The van der Waals surface area contributed by atoms with Gasteiger partial charge in [0.05, 0.1) is 6.04 Å². The van der Waals surface area contributed by atoms with E-state index in [9.17, 15) is 19.2 Å². The molecule has 1 aliphatic rings. The van der Waals surface area contributed by atoms with Crippen LogP contribution in [-0.4, -0.2) is 42.4 Å². The summed E-state index contributed by atoms with van der Waals surface area (Å²) in [4.78, 5) is 52.0. The standard InChI is InChI=1S/C37H37N3O5/c1-24(35(38)42)39-36(43)27(20-25-12-4-2-5-13-25)22-34(41)33(21-26-14-6-3-7-15-26)40-37(44)45-23-32-30-18-10-8-16-28(30)29-17-9-11-19-31(29)32/h2-19,24,27,32-33H,20-23H2,1H3,(H2,38,42)(H,39,43)(H,40,44). The summed E-state index contributed by atoms with van der Waals surface area (Å²) < 4.78 is 5.75. The molecule has 0 fully saturated rings. The molecule has 0 radical (unpaired) electrons. The fraction of sp³-hybridized carbons (Fsp3) is 0.243. The van der Waals surface area contributed by atoms with Crippen LogP contribution in [0.2, 0.25) is 0 Å². The van der Waals surface area contributed by atoms with Crippen LogP contribution in [0, 0.1) is 5.92 Å². The number of primary amides is 1. The highest BCUT2D eigenvalue weighted by Crippen LogP contribution is 2.44. The molecule has 8 heteroatoms. The van der Waals surface area contributed by atoms with Gasteiger partial charge in [-0.2, -0.15) is 0 Å². The van der Waals surface area contributed by atoms with Gasteiger partial charge in [0.2, 0.25) is 11.8 Å². The molecule has 0 spiro atoms. The number of rotatable bonds is 13. The van der Waals surface area contributed by atoms with Crippen LogP contribution in [0.5, 0.6) is 0 Å². The lowest BCUT2D eigenvalue weighted by Gasteiger charge is -2.23. The third kappa shape index (κ3) is 7.84. The molecule has 230 valence electrons. The second-order valence-corrected chi connectivity index (χ2v) is 11.4. The van der Waals surface area contributed by atoms with Gasteiger partial charge in [0.15, 0.2) is 5.78 Å². The zero-order valence-corrected chi connectivity index (χ0v) is 25.1. The van der Waals surface area contributed by atoms with E-state index >= 15 is 0 Å². The van der Waals surface area contributed by atoms with E-state index in [4.69, 9.17) is 10.5 Å². The minimum Gasteiger partial charge on any atom is -0.449 e. The van der Waals surface area contributed by atoms with E-state index < -0.39 is 35.9 Å². The number of fused-ring (bicyclic) bond motifs is 3. The van der Waals surface area contributed by atoms with Crippen molar-refractivity contribution in [2.24, 2.45) is 11.7 Å². The van der Waals surface area contributed by atoms with E-state index in [0.29, 0.717) is 0 Å². The number of amides is 3. The van der Waals surface area contributed by atoms with Crippen LogP contribution >= 0.6 is 0 Å². The number of ether oxygens (including phenoxy) is 1. The molecule has 0 saturated carbocycles. The maximum atomic E-state index is 13.9. The summed E-state index contributed by atoms with van der Waals surface area (Å²) in [6.07, 6.45) is -0.376. The monoisotopic (exact) mass is 603 g/mol. The number of carbonyl (C=O) groups excluding carboxylic acids is 4. The van der Waals surface area contributed by atoms with E-state index in [0.717, 1.165) is 33.4 Å². The Morgan fingerprint density at radius 2 is 1.22 bits per heavy atom. The Bertz CT molecular complexity index is 1610. The van der Waals surface area contributed by atoms with Crippen LogP contribution in [0.25, 0.3) is 11.1 Å². The Morgan fingerprint density at radius 3 is 1.78 bits per heavy atom. The Balaban J connectivity index is 1.31. The van der Waals surface area contributed by atoms with Gasteiger partial charge in [0.25, 0.3) is 0 Å². The smallest absolute Gasteiger partial charge is 0.407 e. The highest BCUT2D eigenvalue weighted by Gasteiger charge is 2.32. The van der Waals surface area contributed by atoms with Crippen molar-refractivity contribution in [1.29, 1.82) is 0 Å². The normalized spacial score (nSPS) is 13.9. The van der Waals surface area contributed by atoms with Crippen molar-refractivity contribution in [2.45, 2.75) is 44.2 Å². The summed E-state index contributed by atoms with van der Waals surface area (Å²) in [5.74, 6) is -2.37. The first-order valence-corrected chi connectivity index (χ1v) is 15.1. The number of Topliss-reactive ketones (excluding diaryl/α,β-unsaturated/α-hetero) is 1. The number of nitrogens with one attached hydrogen (secondary N) is 2. The molecule has 1 aliphatic carbocycles. The maximum absolute atomic E-state index is 13.9. The molecule has 0 bridgehead atoms. The molecule has 8 nitrogen and oxygen atoms in total. The van der Waals surface area contributed by atoms with Gasteiger partial charge in [-0.15, -0.1) is 0 Å².